The molecule has 3 heteroatoms. The fourth-order valence-corrected chi connectivity index (χ4v) is 2.35. The van der Waals surface area contributed by atoms with Crippen molar-refractivity contribution in [1.82, 2.24) is 0 Å². The van der Waals surface area contributed by atoms with Gasteiger partial charge in [-0.05, 0) is 43.4 Å². The number of hydrogen-bond donors (Lipinski definition) is 0. The zero-order chi connectivity index (χ0) is 12.3. The minimum atomic E-state index is 0.640. The largest absolute Gasteiger partial charge is 0.370 e. The summed E-state index contributed by atoms with van der Waals surface area (Å²) in [4.78, 5) is 13.0. The minimum absolute atomic E-state index is 0.640. The summed E-state index contributed by atoms with van der Waals surface area (Å²) in [6, 6.07) is 5.55. The van der Waals surface area contributed by atoms with Crippen LogP contribution in [0.2, 0.25) is 5.02 Å². The van der Waals surface area contributed by atoms with Gasteiger partial charge >= 0.3 is 0 Å². The van der Waals surface area contributed by atoms with E-state index in [1.165, 1.54) is 12.8 Å². The average molecular weight is 252 g/mol. The van der Waals surface area contributed by atoms with Gasteiger partial charge in [0, 0.05) is 18.7 Å². The van der Waals surface area contributed by atoms with Crippen LogP contribution in [0.25, 0.3) is 0 Å². The quantitative estimate of drug-likeness (QED) is 0.717. The van der Waals surface area contributed by atoms with Crippen molar-refractivity contribution in [2.75, 3.05) is 18.0 Å². The number of anilines is 1. The summed E-state index contributed by atoms with van der Waals surface area (Å²) >= 11 is 6.24. The van der Waals surface area contributed by atoms with Crippen LogP contribution in [0, 0.1) is 5.92 Å². The number of halogens is 1. The Morgan fingerprint density at radius 3 is 2.76 bits per heavy atom. The molecule has 0 aromatic heterocycles. The third kappa shape index (κ3) is 3.22. The lowest BCUT2D eigenvalue weighted by molar-refractivity contribution is 0.112. The summed E-state index contributed by atoms with van der Waals surface area (Å²) in [6.45, 7) is 4.29. The van der Waals surface area contributed by atoms with E-state index in [0.29, 0.717) is 10.6 Å². The van der Waals surface area contributed by atoms with Crippen LogP contribution in [0.5, 0.6) is 0 Å². The standard InChI is InChI=1S/C14H18ClNO/c1-2-7-16(9-11-3-4-11)14-6-5-12(10-17)8-13(14)15/h5-6,8,10-11H,2-4,7,9H2,1H3. The molecule has 92 valence electrons. The van der Waals surface area contributed by atoms with Gasteiger partial charge in [-0.15, -0.1) is 0 Å². The molecule has 0 heterocycles. The van der Waals surface area contributed by atoms with Crippen molar-refractivity contribution in [3.8, 4) is 0 Å². The molecule has 0 radical (unpaired) electrons. The number of carbonyl (C=O) groups excluding carboxylic acids is 1. The number of carbonyl (C=O) groups is 1. The first-order chi connectivity index (χ1) is 8.24. The topological polar surface area (TPSA) is 20.3 Å². The molecule has 1 fully saturated rings. The molecule has 1 aromatic carbocycles. The fraction of sp³-hybridized carbons (Fsp3) is 0.500. The van der Waals surface area contributed by atoms with E-state index in [2.05, 4.69) is 11.8 Å². The number of aldehydes is 1. The molecule has 0 spiro atoms. The zero-order valence-corrected chi connectivity index (χ0v) is 10.9. The van der Waals surface area contributed by atoms with Crippen LogP contribution < -0.4 is 4.90 Å². The Balaban J connectivity index is 2.18. The Bertz CT molecular complexity index is 401. The van der Waals surface area contributed by atoms with Crippen LogP contribution in [0.1, 0.15) is 36.5 Å². The van der Waals surface area contributed by atoms with E-state index >= 15 is 0 Å². The maximum atomic E-state index is 10.7. The van der Waals surface area contributed by atoms with E-state index in [1.54, 1.807) is 6.07 Å². The molecule has 1 saturated carbocycles. The Hall–Kier alpha value is -1.02. The summed E-state index contributed by atoms with van der Waals surface area (Å²) < 4.78 is 0. The average Bonchev–Trinajstić information content (AvgIpc) is 3.12. The molecular weight excluding hydrogens is 234 g/mol. The van der Waals surface area contributed by atoms with Crippen molar-refractivity contribution < 1.29 is 4.79 Å². The Kier molecular flexibility index (Phi) is 4.06. The summed E-state index contributed by atoms with van der Waals surface area (Å²) in [6.07, 6.45) is 4.62. The molecule has 2 rings (SSSR count). The second-order valence-corrected chi connectivity index (χ2v) is 5.13. The number of nitrogens with zero attached hydrogens (tertiary/aromatic N) is 1. The molecule has 2 nitrogen and oxygen atoms in total. The van der Waals surface area contributed by atoms with Crippen LogP contribution in [0.15, 0.2) is 18.2 Å². The smallest absolute Gasteiger partial charge is 0.150 e. The first-order valence-corrected chi connectivity index (χ1v) is 6.62. The highest BCUT2D eigenvalue weighted by Gasteiger charge is 2.24. The Morgan fingerprint density at radius 1 is 1.47 bits per heavy atom. The van der Waals surface area contributed by atoms with Gasteiger partial charge < -0.3 is 4.90 Å². The molecule has 0 saturated heterocycles. The number of hydrogen-bond acceptors (Lipinski definition) is 2. The van der Waals surface area contributed by atoms with Gasteiger partial charge in [0.15, 0.2) is 0 Å². The molecule has 0 atom stereocenters. The molecule has 0 N–H and O–H groups in total. The first-order valence-electron chi connectivity index (χ1n) is 6.24. The lowest BCUT2D eigenvalue weighted by Crippen LogP contribution is -2.26. The Morgan fingerprint density at radius 2 is 2.24 bits per heavy atom. The molecule has 1 aliphatic rings. The summed E-state index contributed by atoms with van der Waals surface area (Å²) in [7, 11) is 0. The number of benzene rings is 1. The highest BCUT2D eigenvalue weighted by atomic mass is 35.5. The molecule has 1 aliphatic carbocycles. The van der Waals surface area contributed by atoms with Crippen molar-refractivity contribution in [2.45, 2.75) is 26.2 Å². The third-order valence-corrected chi connectivity index (χ3v) is 3.42. The van der Waals surface area contributed by atoms with Gasteiger partial charge in [-0.25, -0.2) is 0 Å². The van der Waals surface area contributed by atoms with Crippen LogP contribution in [-0.4, -0.2) is 19.4 Å². The van der Waals surface area contributed by atoms with Gasteiger partial charge in [-0.2, -0.15) is 0 Å². The normalized spacial score (nSPS) is 14.7. The molecule has 0 aliphatic heterocycles. The Labute approximate surface area is 108 Å². The minimum Gasteiger partial charge on any atom is -0.370 e. The van der Waals surface area contributed by atoms with E-state index in [9.17, 15) is 4.79 Å². The number of rotatable bonds is 6. The van der Waals surface area contributed by atoms with Crippen LogP contribution in [0.3, 0.4) is 0 Å². The van der Waals surface area contributed by atoms with Crippen molar-refractivity contribution in [3.63, 3.8) is 0 Å². The molecular formula is C14H18ClNO. The van der Waals surface area contributed by atoms with E-state index in [4.69, 9.17) is 11.6 Å². The van der Waals surface area contributed by atoms with Crippen molar-refractivity contribution >= 4 is 23.6 Å². The van der Waals surface area contributed by atoms with Gasteiger partial charge in [0.05, 0.1) is 10.7 Å². The molecule has 17 heavy (non-hydrogen) atoms. The van der Waals surface area contributed by atoms with Crippen molar-refractivity contribution in [1.29, 1.82) is 0 Å². The predicted octanol–water partition coefficient (Wildman–Crippen LogP) is 3.78. The van der Waals surface area contributed by atoms with Crippen molar-refractivity contribution in [2.24, 2.45) is 5.92 Å². The summed E-state index contributed by atoms with van der Waals surface area (Å²) in [5, 5.41) is 0.684. The van der Waals surface area contributed by atoms with Crippen LogP contribution in [0.4, 0.5) is 5.69 Å². The maximum Gasteiger partial charge on any atom is 0.150 e. The second kappa shape index (κ2) is 5.54. The predicted molar refractivity (Wildman–Crippen MR) is 72.1 cm³/mol. The fourth-order valence-electron chi connectivity index (χ4n) is 2.05. The van der Waals surface area contributed by atoms with Gasteiger partial charge in [0.2, 0.25) is 0 Å². The van der Waals surface area contributed by atoms with Crippen molar-refractivity contribution in [3.05, 3.63) is 28.8 Å². The molecule has 0 bridgehead atoms. The lowest BCUT2D eigenvalue weighted by Gasteiger charge is -2.25. The maximum absolute atomic E-state index is 10.7. The summed E-state index contributed by atoms with van der Waals surface area (Å²) in [5.41, 5.74) is 1.70. The van der Waals surface area contributed by atoms with Gasteiger partial charge in [-0.1, -0.05) is 18.5 Å². The van der Waals surface area contributed by atoms with Gasteiger partial charge in [0.25, 0.3) is 0 Å². The zero-order valence-electron chi connectivity index (χ0n) is 10.2. The monoisotopic (exact) mass is 251 g/mol. The lowest BCUT2D eigenvalue weighted by atomic mass is 10.2. The highest BCUT2D eigenvalue weighted by Crippen LogP contribution is 2.34. The van der Waals surface area contributed by atoms with Gasteiger partial charge in [0.1, 0.15) is 6.29 Å². The molecule has 0 unspecified atom stereocenters. The van der Waals surface area contributed by atoms with E-state index < -0.39 is 0 Å². The highest BCUT2D eigenvalue weighted by molar-refractivity contribution is 6.33. The van der Waals surface area contributed by atoms with Crippen LogP contribution in [-0.2, 0) is 0 Å². The van der Waals surface area contributed by atoms with E-state index in [1.807, 2.05) is 12.1 Å². The SMILES string of the molecule is CCCN(CC1CC1)c1ccc(C=O)cc1Cl. The summed E-state index contributed by atoms with van der Waals surface area (Å²) in [5.74, 6) is 0.836. The molecule has 1 aromatic rings. The second-order valence-electron chi connectivity index (χ2n) is 4.72. The third-order valence-electron chi connectivity index (χ3n) is 3.12. The van der Waals surface area contributed by atoms with Gasteiger partial charge in [-0.3, -0.25) is 4.79 Å². The van der Waals surface area contributed by atoms with E-state index in [-0.39, 0.29) is 0 Å². The van der Waals surface area contributed by atoms with Crippen LogP contribution >= 0.6 is 11.6 Å². The first kappa shape index (κ1) is 12.4. The molecule has 0 amide bonds. The van der Waals surface area contributed by atoms with E-state index in [0.717, 1.165) is 37.4 Å².